The molecular weight excluding hydrogens is 298 g/mol. The van der Waals surface area contributed by atoms with Gasteiger partial charge in [0.15, 0.2) is 0 Å². The minimum atomic E-state index is -0.0284. The largest absolute Gasteiger partial charge is 0.354 e. The van der Waals surface area contributed by atoms with Gasteiger partial charge in [0.05, 0.1) is 17.4 Å². The lowest BCUT2D eigenvalue weighted by Crippen LogP contribution is -2.36. The van der Waals surface area contributed by atoms with Gasteiger partial charge in [0.2, 0.25) is 0 Å². The van der Waals surface area contributed by atoms with Crippen molar-refractivity contribution in [2.45, 2.75) is 51.5 Å². The Labute approximate surface area is 143 Å². The highest BCUT2D eigenvalue weighted by molar-refractivity contribution is 5.95. The first kappa shape index (κ1) is 16.5. The first-order valence-electron chi connectivity index (χ1n) is 8.86. The van der Waals surface area contributed by atoms with Crippen molar-refractivity contribution in [3.05, 3.63) is 53.9 Å². The van der Waals surface area contributed by atoms with Gasteiger partial charge >= 0.3 is 0 Å². The smallest absolute Gasteiger partial charge is 0.253 e. The van der Waals surface area contributed by atoms with Crippen molar-refractivity contribution in [2.75, 3.05) is 5.32 Å². The number of pyridine rings is 1. The summed E-state index contributed by atoms with van der Waals surface area (Å²) in [6.45, 7) is 2.14. The van der Waals surface area contributed by atoms with Gasteiger partial charge in [-0.1, -0.05) is 38.3 Å². The number of aromatic nitrogens is 1. The summed E-state index contributed by atoms with van der Waals surface area (Å²) in [5.41, 5.74) is 3.74. The maximum atomic E-state index is 12.4. The summed E-state index contributed by atoms with van der Waals surface area (Å²) >= 11 is 0. The number of carbonyl (C=O) groups is 1. The number of aryl methyl sites for hydroxylation is 1. The second kappa shape index (κ2) is 7.95. The summed E-state index contributed by atoms with van der Waals surface area (Å²) in [5, 5.41) is 6.45. The van der Waals surface area contributed by atoms with Gasteiger partial charge in [0, 0.05) is 17.9 Å². The Morgan fingerprint density at radius 3 is 2.54 bits per heavy atom. The first-order valence-corrected chi connectivity index (χ1v) is 8.86. The van der Waals surface area contributed by atoms with Gasteiger partial charge in [0.25, 0.3) is 5.91 Å². The lowest BCUT2D eigenvalue weighted by atomic mass is 9.95. The van der Waals surface area contributed by atoms with Crippen molar-refractivity contribution in [1.29, 1.82) is 0 Å². The van der Waals surface area contributed by atoms with Gasteiger partial charge in [-0.3, -0.25) is 9.78 Å². The maximum Gasteiger partial charge on any atom is 0.253 e. The molecule has 1 fully saturated rings. The molecule has 0 unspecified atom stereocenters. The zero-order chi connectivity index (χ0) is 16.8. The number of benzene rings is 1. The van der Waals surface area contributed by atoms with Crippen LogP contribution in [0.4, 0.5) is 11.4 Å². The monoisotopic (exact) mass is 323 g/mol. The predicted octanol–water partition coefficient (Wildman–Crippen LogP) is 4.45. The number of nitrogens with one attached hydrogen (secondary N) is 2. The highest BCUT2D eigenvalue weighted by Gasteiger charge is 2.17. The molecule has 0 atom stereocenters. The van der Waals surface area contributed by atoms with Crippen LogP contribution in [0.3, 0.4) is 0 Å². The molecular formula is C20H25N3O. The third-order valence-electron chi connectivity index (χ3n) is 4.59. The average molecular weight is 323 g/mol. The number of hydrogen-bond donors (Lipinski definition) is 2. The molecule has 1 saturated carbocycles. The van der Waals surface area contributed by atoms with E-state index in [-0.39, 0.29) is 5.91 Å². The van der Waals surface area contributed by atoms with E-state index in [1.54, 1.807) is 12.4 Å². The molecule has 4 nitrogen and oxygen atoms in total. The number of rotatable bonds is 5. The van der Waals surface area contributed by atoms with Gasteiger partial charge in [-0.25, -0.2) is 0 Å². The SMILES string of the molecule is CCc1ccc(Nc2cncc(C(=O)NC3CCCCC3)c2)cc1. The van der Waals surface area contributed by atoms with E-state index in [0.717, 1.165) is 30.6 Å². The van der Waals surface area contributed by atoms with E-state index in [0.29, 0.717) is 11.6 Å². The van der Waals surface area contributed by atoms with Crippen molar-refractivity contribution in [1.82, 2.24) is 10.3 Å². The van der Waals surface area contributed by atoms with Crippen LogP contribution < -0.4 is 10.6 Å². The Kier molecular flexibility index (Phi) is 5.47. The molecule has 1 aliphatic rings. The summed E-state index contributed by atoms with van der Waals surface area (Å²) in [6, 6.07) is 10.5. The zero-order valence-corrected chi connectivity index (χ0v) is 14.2. The van der Waals surface area contributed by atoms with E-state index in [1.165, 1.54) is 24.8 Å². The minimum absolute atomic E-state index is 0.0284. The summed E-state index contributed by atoms with van der Waals surface area (Å²) in [4.78, 5) is 16.6. The van der Waals surface area contributed by atoms with Crippen molar-refractivity contribution < 1.29 is 4.79 Å². The summed E-state index contributed by atoms with van der Waals surface area (Å²) < 4.78 is 0. The first-order chi connectivity index (χ1) is 11.7. The Bertz CT molecular complexity index is 676. The highest BCUT2D eigenvalue weighted by Crippen LogP contribution is 2.20. The molecule has 0 bridgehead atoms. The Morgan fingerprint density at radius 2 is 1.83 bits per heavy atom. The molecule has 1 heterocycles. The van der Waals surface area contributed by atoms with Crippen LogP contribution in [0.15, 0.2) is 42.7 Å². The number of carbonyl (C=O) groups excluding carboxylic acids is 1. The predicted molar refractivity (Wildman–Crippen MR) is 97.7 cm³/mol. The fourth-order valence-electron chi connectivity index (χ4n) is 3.14. The average Bonchev–Trinajstić information content (AvgIpc) is 2.63. The van der Waals surface area contributed by atoms with Gasteiger partial charge in [-0.15, -0.1) is 0 Å². The summed E-state index contributed by atoms with van der Waals surface area (Å²) in [5.74, 6) is -0.0284. The van der Waals surface area contributed by atoms with Crippen LogP contribution in [0, 0.1) is 0 Å². The molecule has 4 heteroatoms. The molecule has 24 heavy (non-hydrogen) atoms. The Hall–Kier alpha value is -2.36. The Balaban J connectivity index is 1.65. The third-order valence-corrected chi connectivity index (χ3v) is 4.59. The van der Waals surface area contributed by atoms with Gasteiger partial charge in [0.1, 0.15) is 0 Å². The van der Waals surface area contributed by atoms with Crippen LogP contribution >= 0.6 is 0 Å². The normalized spacial score (nSPS) is 15.0. The van der Waals surface area contributed by atoms with Gasteiger partial charge in [-0.05, 0) is 43.0 Å². The summed E-state index contributed by atoms with van der Waals surface area (Å²) in [7, 11) is 0. The molecule has 0 radical (unpaired) electrons. The molecule has 0 aliphatic heterocycles. The van der Waals surface area contributed by atoms with Crippen LogP contribution in [0.2, 0.25) is 0 Å². The lowest BCUT2D eigenvalue weighted by molar-refractivity contribution is 0.0927. The topological polar surface area (TPSA) is 54.0 Å². The van der Waals surface area contributed by atoms with Crippen LogP contribution in [0.25, 0.3) is 0 Å². The number of amides is 1. The van der Waals surface area contributed by atoms with E-state index >= 15 is 0 Å². The summed E-state index contributed by atoms with van der Waals surface area (Å²) in [6.07, 6.45) is 10.3. The zero-order valence-electron chi connectivity index (χ0n) is 14.2. The number of hydrogen-bond acceptors (Lipinski definition) is 3. The second-order valence-electron chi connectivity index (χ2n) is 6.45. The maximum absolute atomic E-state index is 12.4. The molecule has 1 aliphatic carbocycles. The molecule has 1 amide bonds. The van der Waals surface area contributed by atoms with Crippen LogP contribution in [0.5, 0.6) is 0 Å². The van der Waals surface area contributed by atoms with E-state index in [1.807, 2.05) is 18.2 Å². The van der Waals surface area contributed by atoms with Crippen molar-refractivity contribution in [3.8, 4) is 0 Å². The van der Waals surface area contributed by atoms with E-state index in [2.05, 4.69) is 34.7 Å². The minimum Gasteiger partial charge on any atom is -0.354 e. The van der Waals surface area contributed by atoms with Gasteiger partial charge < -0.3 is 10.6 Å². The van der Waals surface area contributed by atoms with E-state index in [4.69, 9.17) is 0 Å². The number of anilines is 2. The quantitative estimate of drug-likeness (QED) is 0.854. The molecule has 1 aromatic heterocycles. The molecule has 0 spiro atoms. The van der Waals surface area contributed by atoms with Crippen molar-refractivity contribution >= 4 is 17.3 Å². The number of nitrogens with zero attached hydrogens (tertiary/aromatic N) is 1. The molecule has 0 saturated heterocycles. The van der Waals surface area contributed by atoms with Gasteiger partial charge in [-0.2, -0.15) is 0 Å². The van der Waals surface area contributed by atoms with Crippen LogP contribution in [0.1, 0.15) is 54.9 Å². The molecule has 3 rings (SSSR count). The molecule has 1 aromatic carbocycles. The van der Waals surface area contributed by atoms with E-state index in [9.17, 15) is 4.79 Å². The van der Waals surface area contributed by atoms with Crippen molar-refractivity contribution in [2.24, 2.45) is 0 Å². The fraction of sp³-hybridized carbons (Fsp3) is 0.400. The highest BCUT2D eigenvalue weighted by atomic mass is 16.1. The molecule has 126 valence electrons. The Morgan fingerprint density at radius 1 is 1.08 bits per heavy atom. The van der Waals surface area contributed by atoms with Crippen LogP contribution in [-0.4, -0.2) is 16.9 Å². The second-order valence-corrected chi connectivity index (χ2v) is 6.45. The van der Waals surface area contributed by atoms with Crippen molar-refractivity contribution in [3.63, 3.8) is 0 Å². The lowest BCUT2D eigenvalue weighted by Gasteiger charge is -2.22. The van der Waals surface area contributed by atoms with E-state index < -0.39 is 0 Å². The molecule has 2 N–H and O–H groups in total. The standard InChI is InChI=1S/C20H25N3O/c1-2-15-8-10-18(11-9-15)22-19-12-16(13-21-14-19)20(24)23-17-6-4-3-5-7-17/h8-14,17,22H,2-7H2,1H3,(H,23,24). The van der Waals surface area contributed by atoms with Crippen LogP contribution in [-0.2, 0) is 6.42 Å². The molecule has 2 aromatic rings. The fourth-order valence-corrected chi connectivity index (χ4v) is 3.14. The third kappa shape index (κ3) is 4.34.